The molecule has 2 heterocycles. The number of carbonyl (C=O) groups is 3. The van der Waals surface area contributed by atoms with Crippen LogP contribution in [0.5, 0.6) is 11.5 Å². The molecule has 4 rings (SSSR count). The minimum atomic E-state index is -0.464. The highest BCUT2D eigenvalue weighted by Gasteiger charge is 2.32. The summed E-state index contributed by atoms with van der Waals surface area (Å²) in [6.07, 6.45) is -0.0722. The molecule has 12 nitrogen and oxygen atoms in total. The van der Waals surface area contributed by atoms with E-state index in [9.17, 15) is 19.5 Å². The van der Waals surface area contributed by atoms with Crippen molar-refractivity contribution in [2.24, 2.45) is 5.92 Å². The Bertz CT molecular complexity index is 1270. The summed E-state index contributed by atoms with van der Waals surface area (Å²) in [6.45, 7) is 7.81. The molecule has 0 radical (unpaired) electrons. The van der Waals surface area contributed by atoms with Gasteiger partial charge in [0.15, 0.2) is 0 Å². The van der Waals surface area contributed by atoms with Gasteiger partial charge >= 0.3 is 6.03 Å². The lowest BCUT2D eigenvalue weighted by molar-refractivity contribution is -0.134. The number of benzene rings is 2. The molecule has 3 atom stereocenters. The van der Waals surface area contributed by atoms with Crippen LogP contribution in [-0.4, -0.2) is 116 Å². The van der Waals surface area contributed by atoms with Gasteiger partial charge in [-0.15, -0.1) is 0 Å². The molecule has 3 N–H and O–H groups in total. The predicted octanol–water partition coefficient (Wildman–Crippen LogP) is 2.67. The quantitative estimate of drug-likeness (QED) is 0.374. The average molecular weight is 612 g/mol. The van der Waals surface area contributed by atoms with Crippen LogP contribution < -0.4 is 20.1 Å². The highest BCUT2D eigenvalue weighted by Crippen LogP contribution is 2.29. The first-order chi connectivity index (χ1) is 21.2. The fourth-order valence-electron chi connectivity index (χ4n) is 5.28. The maximum absolute atomic E-state index is 13.5. The number of amides is 4. The van der Waals surface area contributed by atoms with Crippen molar-refractivity contribution in [3.05, 3.63) is 48.0 Å². The molecule has 4 amide bonds. The molecule has 0 saturated carbocycles. The number of hydrogen-bond donors (Lipinski definition) is 3. The van der Waals surface area contributed by atoms with Crippen LogP contribution in [-0.2, 0) is 20.7 Å². The number of carbonyl (C=O) groups excluding carboxylic acids is 3. The molecule has 2 aliphatic heterocycles. The van der Waals surface area contributed by atoms with Gasteiger partial charge in [0.2, 0.25) is 11.8 Å². The number of rotatable bonds is 10. The summed E-state index contributed by atoms with van der Waals surface area (Å²) in [5.41, 5.74) is 1.83. The van der Waals surface area contributed by atoms with Crippen molar-refractivity contribution in [3.63, 3.8) is 0 Å². The molecule has 0 bridgehead atoms. The molecular formula is C32H45N5O7. The second kappa shape index (κ2) is 15.7. The summed E-state index contributed by atoms with van der Waals surface area (Å²) in [7, 11) is 3.27. The van der Waals surface area contributed by atoms with Gasteiger partial charge in [-0.2, -0.15) is 0 Å². The Morgan fingerprint density at radius 1 is 1.11 bits per heavy atom. The lowest BCUT2D eigenvalue weighted by atomic mass is 10.0. The zero-order valence-electron chi connectivity index (χ0n) is 26.1. The number of likely N-dealkylation sites (N-methyl/N-ethyl adjacent to an activating group) is 1. The minimum absolute atomic E-state index is 0.0460. The largest absolute Gasteiger partial charge is 0.497 e. The number of anilines is 2. The third-order valence-corrected chi connectivity index (χ3v) is 8.10. The van der Waals surface area contributed by atoms with Crippen molar-refractivity contribution in [1.82, 2.24) is 14.7 Å². The van der Waals surface area contributed by atoms with Crippen molar-refractivity contribution in [2.75, 3.05) is 77.3 Å². The van der Waals surface area contributed by atoms with Gasteiger partial charge in [0, 0.05) is 62.5 Å². The van der Waals surface area contributed by atoms with Crippen molar-refractivity contribution >= 4 is 29.2 Å². The summed E-state index contributed by atoms with van der Waals surface area (Å²) in [6, 6.07) is 11.7. The summed E-state index contributed by atoms with van der Waals surface area (Å²) < 4.78 is 17.1. The van der Waals surface area contributed by atoms with Gasteiger partial charge in [0.05, 0.1) is 45.9 Å². The Labute approximate surface area is 259 Å². The molecule has 2 aromatic carbocycles. The number of nitrogens with one attached hydrogen (secondary N) is 2. The first-order valence-electron chi connectivity index (χ1n) is 15.1. The van der Waals surface area contributed by atoms with Crippen LogP contribution in [0.3, 0.4) is 0 Å². The van der Waals surface area contributed by atoms with Crippen LogP contribution >= 0.6 is 0 Å². The Kier molecular flexibility index (Phi) is 11.8. The Morgan fingerprint density at radius 2 is 1.82 bits per heavy atom. The van der Waals surface area contributed by atoms with Crippen LogP contribution in [0.1, 0.15) is 25.8 Å². The molecule has 2 aliphatic rings. The molecule has 0 aliphatic carbocycles. The molecule has 0 spiro atoms. The van der Waals surface area contributed by atoms with Crippen molar-refractivity contribution in [1.29, 1.82) is 0 Å². The number of morpholine rings is 1. The maximum Gasteiger partial charge on any atom is 0.321 e. The van der Waals surface area contributed by atoms with Gasteiger partial charge in [-0.3, -0.25) is 14.5 Å². The molecular weight excluding hydrogens is 566 g/mol. The number of nitrogens with zero attached hydrogens (tertiary/aromatic N) is 3. The van der Waals surface area contributed by atoms with Gasteiger partial charge < -0.3 is 39.8 Å². The van der Waals surface area contributed by atoms with E-state index in [2.05, 4.69) is 15.5 Å². The zero-order chi connectivity index (χ0) is 31.6. The second-order valence-electron chi connectivity index (χ2n) is 11.5. The van der Waals surface area contributed by atoms with Crippen LogP contribution in [0.15, 0.2) is 42.5 Å². The molecule has 0 aromatic heterocycles. The fraction of sp³-hybridized carbons (Fsp3) is 0.531. The van der Waals surface area contributed by atoms with E-state index in [1.54, 1.807) is 73.3 Å². The number of aliphatic hydroxyl groups is 1. The smallest absolute Gasteiger partial charge is 0.321 e. The third kappa shape index (κ3) is 9.07. The standard InChI is InChI=1S/C32H45N5O7/c1-22-19-37(23(2)21-38)31(40)18-24-17-26(33-30(39)11-12-36-13-15-43-16-14-36)7-10-28(24)44-29(22)20-35(3)32(41)34-25-5-8-27(42-4)9-6-25/h5-10,17,22-23,29,38H,11-16,18-21H2,1-4H3,(H,33,39)(H,34,41)/t22-,23-,29-/m0/s1. The van der Waals surface area contributed by atoms with Gasteiger partial charge in [-0.1, -0.05) is 6.92 Å². The molecule has 240 valence electrons. The minimum Gasteiger partial charge on any atom is -0.497 e. The Morgan fingerprint density at radius 3 is 2.50 bits per heavy atom. The average Bonchev–Trinajstić information content (AvgIpc) is 3.07. The lowest BCUT2D eigenvalue weighted by Gasteiger charge is -2.34. The van der Waals surface area contributed by atoms with Gasteiger partial charge in [-0.25, -0.2) is 4.79 Å². The summed E-state index contributed by atoms with van der Waals surface area (Å²) >= 11 is 0. The number of ether oxygens (including phenoxy) is 3. The molecule has 12 heteroatoms. The SMILES string of the molecule is COc1ccc(NC(=O)N(C)C[C@@H]2Oc3ccc(NC(=O)CCN4CCOCC4)cc3CC(=O)N([C@@H](C)CO)C[C@@H]2C)cc1. The van der Waals surface area contributed by atoms with Crippen LogP contribution in [0.4, 0.5) is 16.2 Å². The molecule has 0 unspecified atom stereocenters. The van der Waals surface area contributed by atoms with E-state index in [4.69, 9.17) is 14.2 Å². The van der Waals surface area contributed by atoms with E-state index in [1.165, 1.54) is 0 Å². The number of methoxy groups -OCH3 is 1. The number of fused-ring (bicyclic) bond motifs is 1. The van der Waals surface area contributed by atoms with Crippen molar-refractivity contribution < 1.29 is 33.7 Å². The van der Waals surface area contributed by atoms with Crippen molar-refractivity contribution in [2.45, 2.75) is 38.8 Å². The third-order valence-electron chi connectivity index (χ3n) is 8.10. The summed E-state index contributed by atoms with van der Waals surface area (Å²) in [4.78, 5) is 44.7. The van der Waals surface area contributed by atoms with Crippen LogP contribution in [0, 0.1) is 5.92 Å². The van der Waals surface area contributed by atoms with E-state index in [0.717, 1.165) is 13.1 Å². The second-order valence-corrected chi connectivity index (χ2v) is 11.5. The van der Waals surface area contributed by atoms with Crippen LogP contribution in [0.25, 0.3) is 0 Å². The van der Waals surface area contributed by atoms with Crippen molar-refractivity contribution in [3.8, 4) is 11.5 Å². The van der Waals surface area contributed by atoms with E-state index >= 15 is 0 Å². The Balaban J connectivity index is 1.49. The first-order valence-corrected chi connectivity index (χ1v) is 15.1. The highest BCUT2D eigenvalue weighted by molar-refractivity contribution is 5.91. The van der Waals surface area contributed by atoms with E-state index in [1.807, 2.05) is 6.92 Å². The molecule has 1 fully saturated rings. The fourth-order valence-corrected chi connectivity index (χ4v) is 5.28. The topological polar surface area (TPSA) is 133 Å². The highest BCUT2D eigenvalue weighted by atomic mass is 16.5. The van der Waals surface area contributed by atoms with Gasteiger partial charge in [0.1, 0.15) is 17.6 Å². The zero-order valence-corrected chi connectivity index (χ0v) is 26.1. The number of aliphatic hydroxyl groups excluding tert-OH is 1. The number of urea groups is 1. The van der Waals surface area contributed by atoms with E-state index in [0.29, 0.717) is 61.2 Å². The van der Waals surface area contributed by atoms with Crippen LogP contribution in [0.2, 0.25) is 0 Å². The van der Waals surface area contributed by atoms with Gasteiger partial charge in [-0.05, 0) is 49.4 Å². The molecule has 44 heavy (non-hydrogen) atoms. The lowest BCUT2D eigenvalue weighted by Crippen LogP contribution is -2.48. The summed E-state index contributed by atoms with van der Waals surface area (Å²) in [5, 5.41) is 15.8. The van der Waals surface area contributed by atoms with E-state index in [-0.39, 0.29) is 43.3 Å². The predicted molar refractivity (Wildman–Crippen MR) is 167 cm³/mol. The monoisotopic (exact) mass is 611 g/mol. The normalized spacial score (nSPS) is 19.8. The first kappa shape index (κ1) is 33.0. The van der Waals surface area contributed by atoms with E-state index < -0.39 is 12.1 Å². The number of hydrogen-bond acceptors (Lipinski definition) is 8. The van der Waals surface area contributed by atoms with Gasteiger partial charge in [0.25, 0.3) is 0 Å². The Hall–Kier alpha value is -3.87. The molecule has 2 aromatic rings. The summed E-state index contributed by atoms with van der Waals surface area (Å²) in [5.74, 6) is 0.775. The maximum atomic E-state index is 13.5. The molecule has 1 saturated heterocycles.